The SMILES string of the molecule is CCCC(=O)Nc1c(I)c(CN(C(C)=O)C(=O)CCC)c(I)c(C(=O)O)c1I. The normalized spacial score (nSPS) is 10.5. The monoisotopic (exact) mass is 726 g/mol. The summed E-state index contributed by atoms with van der Waals surface area (Å²) in [6, 6.07) is 0. The van der Waals surface area contributed by atoms with Gasteiger partial charge in [-0.3, -0.25) is 19.3 Å². The molecule has 3 amide bonds. The summed E-state index contributed by atoms with van der Waals surface area (Å²) in [5.74, 6) is -2.07. The zero-order chi connectivity index (χ0) is 21.6. The Bertz CT molecular complexity index is 811. The molecule has 0 radical (unpaired) electrons. The lowest BCUT2D eigenvalue weighted by Crippen LogP contribution is -2.35. The lowest BCUT2D eigenvalue weighted by Gasteiger charge is -2.23. The number of imide groups is 1. The van der Waals surface area contributed by atoms with Gasteiger partial charge in [0.05, 0.1) is 21.4 Å². The number of benzene rings is 1. The summed E-state index contributed by atoms with van der Waals surface area (Å²) in [4.78, 5) is 49.5. The maximum Gasteiger partial charge on any atom is 0.337 e. The second-order valence-corrected chi connectivity index (χ2v) is 9.26. The third-order valence-corrected chi connectivity index (χ3v) is 7.28. The fraction of sp³-hybridized carbons (Fsp3) is 0.444. The van der Waals surface area contributed by atoms with Gasteiger partial charge in [-0.15, -0.1) is 0 Å². The zero-order valence-electron chi connectivity index (χ0n) is 15.7. The number of carbonyl (C=O) groups is 4. The molecule has 0 saturated heterocycles. The van der Waals surface area contributed by atoms with E-state index in [9.17, 15) is 24.3 Å². The summed E-state index contributed by atoms with van der Waals surface area (Å²) >= 11 is 5.86. The number of halogens is 3. The van der Waals surface area contributed by atoms with Crippen LogP contribution < -0.4 is 5.32 Å². The Hall–Kier alpha value is -0.510. The van der Waals surface area contributed by atoms with Crippen molar-refractivity contribution in [2.75, 3.05) is 5.32 Å². The molecule has 10 heteroatoms. The van der Waals surface area contributed by atoms with E-state index < -0.39 is 11.9 Å². The number of carboxylic acids is 1. The van der Waals surface area contributed by atoms with Crippen molar-refractivity contribution in [3.05, 3.63) is 21.8 Å². The van der Waals surface area contributed by atoms with Gasteiger partial charge in [0.15, 0.2) is 0 Å². The van der Waals surface area contributed by atoms with Gasteiger partial charge in [-0.05, 0) is 80.6 Å². The largest absolute Gasteiger partial charge is 0.478 e. The van der Waals surface area contributed by atoms with Crippen LogP contribution in [0.4, 0.5) is 5.69 Å². The molecule has 1 rings (SSSR count). The molecule has 0 aromatic heterocycles. The molecular formula is C18H21I3N2O5. The number of carboxylic acid groups (broad SMARTS) is 1. The zero-order valence-corrected chi connectivity index (χ0v) is 22.2. The number of hydrogen-bond donors (Lipinski definition) is 2. The van der Waals surface area contributed by atoms with Crippen LogP contribution in [0.15, 0.2) is 0 Å². The quantitative estimate of drug-likeness (QED) is 0.382. The number of hydrogen-bond acceptors (Lipinski definition) is 4. The number of rotatable bonds is 8. The van der Waals surface area contributed by atoms with E-state index in [0.29, 0.717) is 41.2 Å². The van der Waals surface area contributed by atoms with E-state index in [4.69, 9.17) is 0 Å². The first-order valence-corrected chi connectivity index (χ1v) is 11.8. The number of aromatic carboxylic acids is 1. The Balaban J connectivity index is 3.58. The van der Waals surface area contributed by atoms with Gasteiger partial charge in [-0.2, -0.15) is 0 Å². The second-order valence-electron chi connectivity index (χ2n) is 6.02. The summed E-state index contributed by atoms with van der Waals surface area (Å²) < 4.78 is 1.49. The molecule has 0 aliphatic rings. The molecule has 154 valence electrons. The van der Waals surface area contributed by atoms with Crippen LogP contribution in [0, 0.1) is 10.7 Å². The highest BCUT2D eigenvalue weighted by molar-refractivity contribution is 14.1. The average molecular weight is 726 g/mol. The fourth-order valence-electron chi connectivity index (χ4n) is 2.46. The molecule has 0 fully saturated rings. The van der Waals surface area contributed by atoms with Gasteiger partial charge in [-0.25, -0.2) is 4.79 Å². The van der Waals surface area contributed by atoms with Gasteiger partial charge in [0.25, 0.3) is 0 Å². The molecule has 28 heavy (non-hydrogen) atoms. The first-order chi connectivity index (χ1) is 13.1. The third-order valence-electron chi connectivity index (χ3n) is 3.82. The molecule has 0 aliphatic carbocycles. The van der Waals surface area contributed by atoms with Crippen LogP contribution in [-0.4, -0.2) is 33.7 Å². The van der Waals surface area contributed by atoms with Crippen molar-refractivity contribution in [3.63, 3.8) is 0 Å². The second kappa shape index (κ2) is 11.6. The Morgan fingerprint density at radius 1 is 0.964 bits per heavy atom. The molecule has 0 heterocycles. The van der Waals surface area contributed by atoms with Crippen LogP contribution in [0.3, 0.4) is 0 Å². The van der Waals surface area contributed by atoms with Crippen LogP contribution >= 0.6 is 67.8 Å². The van der Waals surface area contributed by atoms with Gasteiger partial charge < -0.3 is 10.4 Å². The Morgan fingerprint density at radius 3 is 2.00 bits per heavy atom. The topological polar surface area (TPSA) is 104 Å². The molecule has 0 bridgehead atoms. The maximum absolute atomic E-state index is 12.4. The lowest BCUT2D eigenvalue weighted by atomic mass is 10.1. The Morgan fingerprint density at radius 2 is 1.54 bits per heavy atom. The van der Waals surface area contributed by atoms with Gasteiger partial charge in [0.1, 0.15) is 0 Å². The highest BCUT2D eigenvalue weighted by Crippen LogP contribution is 2.36. The van der Waals surface area contributed by atoms with Gasteiger partial charge >= 0.3 is 5.97 Å². The standard InChI is InChI=1S/C18H21I3N2O5/c1-4-6-11(25)22-17-15(20)10(14(19)13(16(17)21)18(27)28)8-23(9(3)24)12(26)7-5-2/h4-8H2,1-3H3,(H,22,25)(H,27,28). The smallest absolute Gasteiger partial charge is 0.337 e. The summed E-state index contributed by atoms with van der Waals surface area (Å²) in [7, 11) is 0. The number of nitrogens with zero attached hydrogens (tertiary/aromatic N) is 1. The van der Waals surface area contributed by atoms with Crippen molar-refractivity contribution >= 4 is 97.2 Å². The first-order valence-electron chi connectivity index (χ1n) is 8.60. The molecular weight excluding hydrogens is 705 g/mol. The molecule has 7 nitrogen and oxygen atoms in total. The van der Waals surface area contributed by atoms with E-state index in [1.54, 1.807) is 0 Å². The van der Waals surface area contributed by atoms with E-state index in [1.807, 2.05) is 81.6 Å². The first kappa shape index (κ1) is 25.5. The van der Waals surface area contributed by atoms with Crippen molar-refractivity contribution in [1.82, 2.24) is 4.90 Å². The van der Waals surface area contributed by atoms with Crippen LogP contribution in [0.5, 0.6) is 0 Å². The predicted molar refractivity (Wildman–Crippen MR) is 131 cm³/mol. The molecule has 0 aliphatic heterocycles. The van der Waals surface area contributed by atoms with Gasteiger partial charge in [0, 0.05) is 32.5 Å². The van der Waals surface area contributed by atoms with E-state index in [0.717, 1.165) is 4.90 Å². The third kappa shape index (κ3) is 6.24. The summed E-state index contributed by atoms with van der Waals surface area (Å²) in [6.07, 6.45) is 1.79. The minimum Gasteiger partial charge on any atom is -0.478 e. The van der Waals surface area contributed by atoms with Crippen molar-refractivity contribution in [1.29, 1.82) is 0 Å². The van der Waals surface area contributed by atoms with Gasteiger partial charge in [-0.1, -0.05) is 13.8 Å². The lowest BCUT2D eigenvalue weighted by molar-refractivity contribution is -0.144. The number of amides is 3. The van der Waals surface area contributed by atoms with E-state index in [2.05, 4.69) is 5.32 Å². The Labute approximate surface area is 204 Å². The van der Waals surface area contributed by atoms with Crippen LogP contribution in [0.2, 0.25) is 0 Å². The molecule has 0 saturated carbocycles. The summed E-state index contributed by atoms with van der Waals surface area (Å²) in [5, 5.41) is 12.5. The minimum absolute atomic E-state index is 0.0431. The highest BCUT2D eigenvalue weighted by atomic mass is 127. The van der Waals surface area contributed by atoms with E-state index in [-0.39, 0.29) is 30.3 Å². The minimum atomic E-state index is -1.13. The van der Waals surface area contributed by atoms with Crippen molar-refractivity contribution in [2.24, 2.45) is 0 Å². The predicted octanol–water partition coefficient (Wildman–Crippen LogP) is 4.61. The van der Waals surface area contributed by atoms with E-state index >= 15 is 0 Å². The van der Waals surface area contributed by atoms with Crippen LogP contribution in [0.1, 0.15) is 62.4 Å². The summed E-state index contributed by atoms with van der Waals surface area (Å²) in [5.41, 5.74) is 0.985. The van der Waals surface area contributed by atoms with Crippen molar-refractivity contribution in [3.8, 4) is 0 Å². The molecule has 1 aromatic rings. The van der Waals surface area contributed by atoms with Crippen molar-refractivity contribution in [2.45, 2.75) is 53.0 Å². The summed E-state index contributed by atoms with van der Waals surface area (Å²) in [6.45, 7) is 4.99. The number of carbonyl (C=O) groups excluding carboxylic acids is 3. The maximum atomic E-state index is 12.4. The number of anilines is 1. The molecule has 0 atom stereocenters. The van der Waals surface area contributed by atoms with E-state index in [1.165, 1.54) is 6.92 Å². The Kier molecular flexibility index (Phi) is 10.6. The van der Waals surface area contributed by atoms with Crippen LogP contribution in [-0.2, 0) is 20.9 Å². The van der Waals surface area contributed by atoms with Gasteiger partial charge in [0.2, 0.25) is 17.7 Å². The van der Waals surface area contributed by atoms with Crippen molar-refractivity contribution < 1.29 is 24.3 Å². The molecule has 2 N–H and O–H groups in total. The highest BCUT2D eigenvalue weighted by Gasteiger charge is 2.28. The molecule has 0 unspecified atom stereocenters. The molecule has 0 spiro atoms. The molecule has 1 aromatic carbocycles. The van der Waals surface area contributed by atoms with Crippen LogP contribution in [0.25, 0.3) is 0 Å². The fourth-order valence-corrected chi connectivity index (χ4v) is 6.70. The number of nitrogens with one attached hydrogen (secondary N) is 1. The average Bonchev–Trinajstić information content (AvgIpc) is 2.58.